The molecule has 0 aromatic heterocycles. The molecule has 5 heteroatoms. The molecule has 1 amide bonds. The first-order valence-corrected chi connectivity index (χ1v) is 6.16. The van der Waals surface area contributed by atoms with E-state index in [2.05, 4.69) is 5.32 Å². The summed E-state index contributed by atoms with van der Waals surface area (Å²) in [6.45, 7) is 4.06. The molecule has 0 aliphatic rings. The predicted molar refractivity (Wildman–Crippen MR) is 73.0 cm³/mol. The minimum Gasteiger partial charge on any atom is -0.478 e. The summed E-state index contributed by atoms with van der Waals surface area (Å²) in [5.74, 6) is -1.04. The van der Waals surface area contributed by atoms with Gasteiger partial charge in [0.25, 0.3) is 0 Å². The molecular weight excluding hydrogens is 244 g/mol. The van der Waals surface area contributed by atoms with Gasteiger partial charge in [0.2, 0.25) is 5.91 Å². The summed E-state index contributed by atoms with van der Waals surface area (Å²) < 4.78 is 0. The van der Waals surface area contributed by atoms with Crippen LogP contribution in [0.2, 0.25) is 0 Å². The van der Waals surface area contributed by atoms with E-state index in [4.69, 9.17) is 10.8 Å². The van der Waals surface area contributed by atoms with E-state index >= 15 is 0 Å². The van der Waals surface area contributed by atoms with Crippen molar-refractivity contribution >= 4 is 11.9 Å². The summed E-state index contributed by atoms with van der Waals surface area (Å²) in [7, 11) is 0. The third kappa shape index (κ3) is 6.01. The van der Waals surface area contributed by atoms with E-state index in [1.807, 2.05) is 6.07 Å². The Morgan fingerprint density at radius 3 is 2.63 bits per heavy atom. The van der Waals surface area contributed by atoms with Crippen molar-refractivity contribution in [2.24, 2.45) is 5.73 Å². The SMILES string of the molecule is CC(C)(N)CC(=O)NCCc1cccc(C(=O)O)c1. The molecule has 19 heavy (non-hydrogen) atoms. The number of hydrogen-bond donors (Lipinski definition) is 3. The minimum absolute atomic E-state index is 0.0955. The zero-order valence-electron chi connectivity index (χ0n) is 11.3. The number of aromatic carboxylic acids is 1. The van der Waals surface area contributed by atoms with Gasteiger partial charge in [-0.3, -0.25) is 4.79 Å². The topological polar surface area (TPSA) is 92.4 Å². The summed E-state index contributed by atoms with van der Waals surface area (Å²) in [5.41, 5.74) is 6.36. The molecule has 0 saturated carbocycles. The second-order valence-electron chi connectivity index (χ2n) is 5.27. The molecule has 0 spiro atoms. The van der Waals surface area contributed by atoms with Gasteiger partial charge in [0.05, 0.1) is 5.56 Å². The first-order chi connectivity index (χ1) is 8.78. The second-order valence-corrected chi connectivity index (χ2v) is 5.27. The fraction of sp³-hybridized carbons (Fsp3) is 0.429. The Morgan fingerprint density at radius 1 is 1.37 bits per heavy atom. The largest absolute Gasteiger partial charge is 0.478 e. The number of carbonyl (C=O) groups is 2. The third-order valence-electron chi connectivity index (χ3n) is 2.53. The summed E-state index contributed by atoms with van der Waals surface area (Å²) >= 11 is 0. The summed E-state index contributed by atoms with van der Waals surface area (Å²) in [5, 5.41) is 11.6. The van der Waals surface area contributed by atoms with Crippen molar-refractivity contribution in [2.45, 2.75) is 32.2 Å². The zero-order chi connectivity index (χ0) is 14.5. The lowest BCUT2D eigenvalue weighted by Crippen LogP contribution is -2.39. The van der Waals surface area contributed by atoms with E-state index < -0.39 is 11.5 Å². The number of carbonyl (C=O) groups excluding carboxylic acids is 1. The number of amides is 1. The molecule has 0 unspecified atom stereocenters. The molecule has 0 heterocycles. The van der Waals surface area contributed by atoms with Crippen LogP contribution in [-0.4, -0.2) is 29.1 Å². The van der Waals surface area contributed by atoms with Crippen LogP contribution in [0.5, 0.6) is 0 Å². The number of nitrogens with one attached hydrogen (secondary N) is 1. The van der Waals surface area contributed by atoms with Gasteiger partial charge in [-0.25, -0.2) is 4.79 Å². The molecule has 4 N–H and O–H groups in total. The Hall–Kier alpha value is -1.88. The maximum Gasteiger partial charge on any atom is 0.335 e. The predicted octanol–water partition coefficient (Wildman–Crippen LogP) is 1.17. The van der Waals surface area contributed by atoms with E-state index in [9.17, 15) is 9.59 Å². The van der Waals surface area contributed by atoms with Crippen molar-refractivity contribution in [3.8, 4) is 0 Å². The normalized spacial score (nSPS) is 11.1. The van der Waals surface area contributed by atoms with Gasteiger partial charge in [0.1, 0.15) is 0 Å². The van der Waals surface area contributed by atoms with Gasteiger partial charge in [-0.2, -0.15) is 0 Å². The molecule has 1 aromatic rings. The monoisotopic (exact) mass is 264 g/mol. The lowest BCUT2D eigenvalue weighted by atomic mass is 10.0. The molecule has 0 radical (unpaired) electrons. The first-order valence-electron chi connectivity index (χ1n) is 6.16. The van der Waals surface area contributed by atoms with E-state index in [-0.39, 0.29) is 17.9 Å². The van der Waals surface area contributed by atoms with E-state index in [1.165, 1.54) is 0 Å². The quantitative estimate of drug-likeness (QED) is 0.719. The smallest absolute Gasteiger partial charge is 0.335 e. The zero-order valence-corrected chi connectivity index (χ0v) is 11.3. The molecule has 1 aromatic carbocycles. The average molecular weight is 264 g/mol. The Kier molecular flexibility index (Phi) is 5.06. The summed E-state index contributed by atoms with van der Waals surface area (Å²) in [4.78, 5) is 22.3. The minimum atomic E-state index is -0.948. The Labute approximate surface area is 112 Å². The van der Waals surface area contributed by atoms with Crippen LogP contribution in [0.15, 0.2) is 24.3 Å². The van der Waals surface area contributed by atoms with Gasteiger partial charge in [-0.15, -0.1) is 0 Å². The van der Waals surface area contributed by atoms with Gasteiger partial charge in [0.15, 0.2) is 0 Å². The molecule has 5 nitrogen and oxygen atoms in total. The molecule has 0 bridgehead atoms. The van der Waals surface area contributed by atoms with Crippen molar-refractivity contribution < 1.29 is 14.7 Å². The fourth-order valence-electron chi connectivity index (χ4n) is 1.68. The van der Waals surface area contributed by atoms with Crippen molar-refractivity contribution in [3.05, 3.63) is 35.4 Å². The van der Waals surface area contributed by atoms with Crippen LogP contribution in [0, 0.1) is 0 Å². The molecular formula is C14H20N2O3. The van der Waals surface area contributed by atoms with Crippen LogP contribution < -0.4 is 11.1 Å². The Morgan fingerprint density at radius 2 is 2.05 bits per heavy atom. The Balaban J connectivity index is 2.43. The number of carboxylic acid groups (broad SMARTS) is 1. The first kappa shape index (κ1) is 15.2. The molecule has 104 valence electrons. The second kappa shape index (κ2) is 6.33. The molecule has 0 atom stereocenters. The number of rotatable bonds is 6. The van der Waals surface area contributed by atoms with Crippen LogP contribution in [-0.2, 0) is 11.2 Å². The maximum atomic E-state index is 11.5. The number of hydrogen-bond acceptors (Lipinski definition) is 3. The van der Waals surface area contributed by atoms with E-state index in [0.717, 1.165) is 5.56 Å². The number of benzene rings is 1. The van der Waals surface area contributed by atoms with Crippen molar-refractivity contribution in [3.63, 3.8) is 0 Å². The van der Waals surface area contributed by atoms with E-state index in [1.54, 1.807) is 32.0 Å². The Bertz CT molecular complexity index is 464. The van der Waals surface area contributed by atoms with Crippen LogP contribution in [0.25, 0.3) is 0 Å². The average Bonchev–Trinajstić information content (AvgIpc) is 2.27. The standard InChI is InChI=1S/C14H20N2O3/c1-14(2,15)9-12(17)16-7-6-10-4-3-5-11(8-10)13(18)19/h3-5,8H,6-7,9,15H2,1-2H3,(H,16,17)(H,18,19). The summed E-state index contributed by atoms with van der Waals surface area (Å²) in [6, 6.07) is 6.69. The van der Waals surface area contributed by atoms with Crippen molar-refractivity contribution in [1.82, 2.24) is 5.32 Å². The highest BCUT2D eigenvalue weighted by molar-refractivity contribution is 5.87. The maximum absolute atomic E-state index is 11.5. The molecule has 1 rings (SSSR count). The lowest BCUT2D eigenvalue weighted by Gasteiger charge is -2.17. The highest BCUT2D eigenvalue weighted by atomic mass is 16.4. The van der Waals surface area contributed by atoms with Crippen LogP contribution in [0.3, 0.4) is 0 Å². The van der Waals surface area contributed by atoms with Crippen LogP contribution >= 0.6 is 0 Å². The fourth-order valence-corrected chi connectivity index (χ4v) is 1.68. The van der Waals surface area contributed by atoms with Gasteiger partial charge in [-0.05, 0) is 38.0 Å². The number of nitrogens with two attached hydrogens (primary N) is 1. The molecule has 0 aliphatic heterocycles. The highest BCUT2D eigenvalue weighted by Crippen LogP contribution is 2.06. The molecule has 0 fully saturated rings. The van der Waals surface area contributed by atoms with Gasteiger partial charge in [0, 0.05) is 18.5 Å². The van der Waals surface area contributed by atoms with Gasteiger partial charge < -0.3 is 16.2 Å². The third-order valence-corrected chi connectivity index (χ3v) is 2.53. The molecule has 0 saturated heterocycles. The number of carboxylic acids is 1. The van der Waals surface area contributed by atoms with Crippen molar-refractivity contribution in [1.29, 1.82) is 0 Å². The van der Waals surface area contributed by atoms with E-state index in [0.29, 0.717) is 13.0 Å². The van der Waals surface area contributed by atoms with Crippen LogP contribution in [0.1, 0.15) is 36.2 Å². The lowest BCUT2D eigenvalue weighted by molar-refractivity contribution is -0.121. The molecule has 0 aliphatic carbocycles. The van der Waals surface area contributed by atoms with Gasteiger partial charge >= 0.3 is 5.97 Å². The van der Waals surface area contributed by atoms with Crippen LogP contribution in [0.4, 0.5) is 0 Å². The summed E-state index contributed by atoms with van der Waals surface area (Å²) in [6.07, 6.45) is 0.861. The van der Waals surface area contributed by atoms with Crippen molar-refractivity contribution in [2.75, 3.05) is 6.54 Å². The highest BCUT2D eigenvalue weighted by Gasteiger charge is 2.15. The van der Waals surface area contributed by atoms with Gasteiger partial charge in [-0.1, -0.05) is 12.1 Å².